The Morgan fingerprint density at radius 2 is 1.72 bits per heavy atom. The van der Waals surface area contributed by atoms with Gasteiger partial charge in [0.05, 0.1) is 6.54 Å². The number of carbonyl (C=O) groups excluding carboxylic acids is 1. The highest BCUT2D eigenvalue weighted by molar-refractivity contribution is 5.78. The number of halogens is 2. The standard InChI is InChI=1S/C24H22F2N2O4/c25-16-32-20-9-7-19(8-10-20)28-15-21(17-3-5-18(26)6-4-17)22(14-24(28)30)31-13-12-27-11-1-2-23(27)29/h3-10,14-15H,1-2,11-13,16H2. The molecule has 3 aromatic rings. The molecule has 0 spiro atoms. The first-order valence-corrected chi connectivity index (χ1v) is 10.3. The van der Waals surface area contributed by atoms with Gasteiger partial charge in [0.15, 0.2) is 0 Å². The number of amides is 1. The van der Waals surface area contributed by atoms with Crippen LogP contribution in [-0.4, -0.2) is 41.9 Å². The Hall–Kier alpha value is -3.68. The number of pyridine rings is 1. The summed E-state index contributed by atoms with van der Waals surface area (Å²) in [6.45, 7) is 0.430. The van der Waals surface area contributed by atoms with Crippen molar-refractivity contribution in [3.05, 3.63) is 77.0 Å². The number of carbonyl (C=O) groups is 1. The zero-order valence-electron chi connectivity index (χ0n) is 17.3. The van der Waals surface area contributed by atoms with Gasteiger partial charge >= 0.3 is 0 Å². The van der Waals surface area contributed by atoms with Crippen molar-refractivity contribution in [2.45, 2.75) is 12.8 Å². The maximum atomic E-state index is 13.5. The molecule has 1 aromatic heterocycles. The second-order valence-corrected chi connectivity index (χ2v) is 7.35. The molecule has 166 valence electrons. The number of hydrogen-bond acceptors (Lipinski definition) is 4. The monoisotopic (exact) mass is 440 g/mol. The molecule has 1 aliphatic heterocycles. The summed E-state index contributed by atoms with van der Waals surface area (Å²) < 4.78 is 37.9. The van der Waals surface area contributed by atoms with Gasteiger partial charge in [0.2, 0.25) is 12.8 Å². The van der Waals surface area contributed by atoms with Gasteiger partial charge in [-0.2, -0.15) is 0 Å². The summed E-state index contributed by atoms with van der Waals surface area (Å²) in [6.07, 6.45) is 3.01. The largest absolute Gasteiger partial charge is 0.491 e. The minimum absolute atomic E-state index is 0.1000. The van der Waals surface area contributed by atoms with Crippen LogP contribution in [0.2, 0.25) is 0 Å². The normalized spacial score (nSPS) is 13.4. The minimum Gasteiger partial charge on any atom is -0.491 e. The highest BCUT2D eigenvalue weighted by atomic mass is 19.1. The van der Waals surface area contributed by atoms with Crippen molar-refractivity contribution in [2.75, 3.05) is 26.6 Å². The first-order chi connectivity index (χ1) is 15.5. The Morgan fingerprint density at radius 1 is 0.969 bits per heavy atom. The van der Waals surface area contributed by atoms with Crippen LogP contribution in [0.1, 0.15) is 12.8 Å². The molecule has 1 saturated heterocycles. The third-order valence-corrected chi connectivity index (χ3v) is 5.30. The fourth-order valence-electron chi connectivity index (χ4n) is 3.66. The summed E-state index contributed by atoms with van der Waals surface area (Å²) in [6, 6.07) is 13.7. The lowest BCUT2D eigenvalue weighted by Gasteiger charge is -2.18. The topological polar surface area (TPSA) is 60.8 Å². The molecule has 0 saturated carbocycles. The molecule has 0 aliphatic carbocycles. The quantitative estimate of drug-likeness (QED) is 0.532. The van der Waals surface area contributed by atoms with Gasteiger partial charge in [0.25, 0.3) is 5.56 Å². The molecular weight excluding hydrogens is 418 g/mol. The van der Waals surface area contributed by atoms with E-state index in [1.165, 1.54) is 22.8 Å². The molecule has 0 N–H and O–H groups in total. The maximum Gasteiger partial charge on any atom is 0.258 e. The van der Waals surface area contributed by atoms with Crippen molar-refractivity contribution in [1.82, 2.24) is 9.47 Å². The van der Waals surface area contributed by atoms with Crippen LogP contribution in [0.4, 0.5) is 8.78 Å². The molecule has 0 bridgehead atoms. The molecule has 1 aliphatic rings. The van der Waals surface area contributed by atoms with E-state index in [0.717, 1.165) is 6.42 Å². The molecule has 4 rings (SSSR count). The lowest BCUT2D eigenvalue weighted by atomic mass is 10.1. The Balaban J connectivity index is 1.65. The first kappa shape index (κ1) is 21.5. The highest BCUT2D eigenvalue weighted by Crippen LogP contribution is 2.30. The van der Waals surface area contributed by atoms with Gasteiger partial charge in [-0.1, -0.05) is 12.1 Å². The van der Waals surface area contributed by atoms with Crippen molar-refractivity contribution in [2.24, 2.45) is 0 Å². The SMILES string of the molecule is O=C1CCCN1CCOc1cc(=O)n(-c2ccc(OCF)cc2)cc1-c1ccc(F)cc1. The van der Waals surface area contributed by atoms with Gasteiger partial charge in [-0.05, 0) is 48.4 Å². The predicted octanol–water partition coefficient (Wildman–Crippen LogP) is 3.95. The summed E-state index contributed by atoms with van der Waals surface area (Å²) in [5.74, 6) is 0.421. The van der Waals surface area contributed by atoms with Crippen LogP contribution >= 0.6 is 0 Å². The van der Waals surface area contributed by atoms with E-state index in [1.54, 1.807) is 47.5 Å². The predicted molar refractivity (Wildman–Crippen MR) is 115 cm³/mol. The third kappa shape index (κ3) is 4.80. The van der Waals surface area contributed by atoms with Crippen LogP contribution in [0.3, 0.4) is 0 Å². The average molecular weight is 440 g/mol. The minimum atomic E-state index is -0.941. The van der Waals surface area contributed by atoms with Crippen LogP contribution in [0.25, 0.3) is 16.8 Å². The van der Waals surface area contributed by atoms with E-state index in [4.69, 9.17) is 9.47 Å². The summed E-state index contributed by atoms with van der Waals surface area (Å²) in [7, 11) is 0. The first-order valence-electron chi connectivity index (χ1n) is 10.3. The van der Waals surface area contributed by atoms with E-state index in [2.05, 4.69) is 0 Å². The van der Waals surface area contributed by atoms with Crippen molar-refractivity contribution in [3.63, 3.8) is 0 Å². The van der Waals surface area contributed by atoms with Gasteiger partial charge in [-0.3, -0.25) is 14.2 Å². The van der Waals surface area contributed by atoms with Crippen LogP contribution in [0, 0.1) is 5.82 Å². The fourth-order valence-corrected chi connectivity index (χ4v) is 3.66. The lowest BCUT2D eigenvalue weighted by molar-refractivity contribution is -0.128. The molecule has 0 radical (unpaired) electrons. The van der Waals surface area contributed by atoms with Crippen LogP contribution in [-0.2, 0) is 4.79 Å². The number of nitrogens with zero attached hydrogens (tertiary/aromatic N) is 2. The number of alkyl halides is 1. The molecule has 1 amide bonds. The number of benzene rings is 2. The van der Waals surface area contributed by atoms with Crippen molar-refractivity contribution >= 4 is 5.91 Å². The molecule has 2 heterocycles. The summed E-state index contributed by atoms with van der Waals surface area (Å²) in [5.41, 5.74) is 1.49. The Bertz CT molecular complexity index is 1140. The lowest BCUT2D eigenvalue weighted by Crippen LogP contribution is -2.29. The number of hydrogen-bond donors (Lipinski definition) is 0. The number of rotatable bonds is 8. The third-order valence-electron chi connectivity index (χ3n) is 5.30. The maximum absolute atomic E-state index is 13.5. The molecule has 0 unspecified atom stereocenters. The molecule has 0 atom stereocenters. The van der Waals surface area contributed by atoms with Crippen LogP contribution in [0.15, 0.2) is 65.6 Å². The van der Waals surface area contributed by atoms with Gasteiger partial charge in [-0.15, -0.1) is 0 Å². The van der Waals surface area contributed by atoms with Crippen molar-refractivity contribution < 1.29 is 23.0 Å². The van der Waals surface area contributed by atoms with E-state index >= 15 is 0 Å². The van der Waals surface area contributed by atoms with Crippen LogP contribution < -0.4 is 15.0 Å². The smallest absolute Gasteiger partial charge is 0.258 e. The molecular formula is C24H22F2N2O4. The fraction of sp³-hybridized carbons (Fsp3) is 0.250. The summed E-state index contributed by atoms with van der Waals surface area (Å²) >= 11 is 0. The van der Waals surface area contributed by atoms with Gasteiger partial charge in [0.1, 0.15) is 23.9 Å². The Kier molecular flexibility index (Phi) is 6.49. The van der Waals surface area contributed by atoms with Crippen molar-refractivity contribution in [3.8, 4) is 28.3 Å². The molecule has 2 aromatic carbocycles. The zero-order chi connectivity index (χ0) is 22.5. The van der Waals surface area contributed by atoms with Gasteiger partial charge in [-0.25, -0.2) is 8.78 Å². The summed E-state index contributed by atoms with van der Waals surface area (Å²) in [4.78, 5) is 26.4. The van der Waals surface area contributed by atoms with E-state index in [9.17, 15) is 18.4 Å². The Labute approximate surface area is 183 Å². The van der Waals surface area contributed by atoms with E-state index in [-0.39, 0.29) is 23.9 Å². The number of likely N-dealkylation sites (tertiary alicyclic amines) is 1. The van der Waals surface area contributed by atoms with Crippen molar-refractivity contribution in [1.29, 1.82) is 0 Å². The average Bonchev–Trinajstić information content (AvgIpc) is 3.20. The van der Waals surface area contributed by atoms with E-state index < -0.39 is 6.86 Å². The molecule has 1 fully saturated rings. The molecule has 32 heavy (non-hydrogen) atoms. The number of aromatic nitrogens is 1. The molecule has 8 heteroatoms. The zero-order valence-corrected chi connectivity index (χ0v) is 17.3. The highest BCUT2D eigenvalue weighted by Gasteiger charge is 2.20. The van der Waals surface area contributed by atoms with Gasteiger partial charge in [0, 0.05) is 36.5 Å². The second kappa shape index (κ2) is 9.64. The number of ether oxygens (including phenoxy) is 2. The Morgan fingerprint density at radius 3 is 2.38 bits per heavy atom. The summed E-state index contributed by atoms with van der Waals surface area (Å²) in [5, 5.41) is 0. The van der Waals surface area contributed by atoms with Gasteiger partial charge < -0.3 is 14.4 Å². The van der Waals surface area contributed by atoms with E-state index in [0.29, 0.717) is 47.8 Å². The second-order valence-electron chi connectivity index (χ2n) is 7.35. The van der Waals surface area contributed by atoms with E-state index in [1.807, 2.05) is 0 Å². The molecule has 6 nitrogen and oxygen atoms in total. The van der Waals surface area contributed by atoms with Crippen LogP contribution in [0.5, 0.6) is 11.5 Å².